The van der Waals surface area contributed by atoms with Crippen LogP contribution in [0.3, 0.4) is 0 Å². The van der Waals surface area contributed by atoms with E-state index in [1.165, 1.54) is 6.08 Å². The number of rotatable bonds is 2. The van der Waals surface area contributed by atoms with Crippen LogP contribution in [0.15, 0.2) is 36.6 Å². The maximum atomic E-state index is 9.68. The van der Waals surface area contributed by atoms with Crippen molar-refractivity contribution >= 4 is 0 Å². The van der Waals surface area contributed by atoms with Crippen LogP contribution in [0.1, 0.15) is 12.8 Å². The molecule has 0 saturated heterocycles. The molecule has 1 aliphatic carbocycles. The van der Waals surface area contributed by atoms with Crippen LogP contribution in [0.5, 0.6) is 0 Å². The SMILES string of the molecule is C=CCC1(O)C=CC(O)=CC1. The largest absolute Gasteiger partial charge is 0.508 e. The summed E-state index contributed by atoms with van der Waals surface area (Å²) in [5.74, 6) is 0.221. The number of aliphatic hydroxyl groups is 2. The molecule has 2 N–H and O–H groups in total. The Hall–Kier alpha value is -1.02. The van der Waals surface area contributed by atoms with E-state index in [9.17, 15) is 5.11 Å². The van der Waals surface area contributed by atoms with Crippen molar-refractivity contribution in [2.75, 3.05) is 0 Å². The van der Waals surface area contributed by atoms with Crippen molar-refractivity contribution in [1.29, 1.82) is 0 Å². The topological polar surface area (TPSA) is 40.5 Å². The molecular formula is C9H12O2. The molecule has 0 aromatic heterocycles. The predicted octanol–water partition coefficient (Wildman–Crippen LogP) is 1.70. The van der Waals surface area contributed by atoms with Gasteiger partial charge in [0.05, 0.1) is 5.60 Å². The molecule has 2 nitrogen and oxygen atoms in total. The van der Waals surface area contributed by atoms with Gasteiger partial charge < -0.3 is 10.2 Å². The second-order valence-electron chi connectivity index (χ2n) is 2.76. The van der Waals surface area contributed by atoms with Gasteiger partial charge in [0, 0.05) is 6.42 Å². The van der Waals surface area contributed by atoms with Crippen molar-refractivity contribution < 1.29 is 10.2 Å². The zero-order valence-corrected chi connectivity index (χ0v) is 6.33. The number of allylic oxidation sites excluding steroid dienone is 1. The van der Waals surface area contributed by atoms with Crippen molar-refractivity contribution in [3.05, 3.63) is 36.6 Å². The Labute approximate surface area is 66.2 Å². The minimum atomic E-state index is -0.825. The summed E-state index contributed by atoms with van der Waals surface area (Å²) in [4.78, 5) is 0. The molecule has 11 heavy (non-hydrogen) atoms. The molecule has 1 aliphatic rings. The van der Waals surface area contributed by atoms with Gasteiger partial charge in [-0.15, -0.1) is 6.58 Å². The predicted molar refractivity (Wildman–Crippen MR) is 44.2 cm³/mol. The average Bonchev–Trinajstić information content (AvgIpc) is 1.97. The lowest BCUT2D eigenvalue weighted by atomic mass is 9.91. The number of hydrogen-bond acceptors (Lipinski definition) is 2. The van der Waals surface area contributed by atoms with Crippen LogP contribution >= 0.6 is 0 Å². The Balaban J connectivity index is 2.65. The van der Waals surface area contributed by atoms with Gasteiger partial charge in [-0.25, -0.2) is 0 Å². The normalized spacial score (nSPS) is 29.7. The first-order valence-corrected chi connectivity index (χ1v) is 3.58. The van der Waals surface area contributed by atoms with E-state index < -0.39 is 5.60 Å². The molecule has 2 heteroatoms. The summed E-state index contributed by atoms with van der Waals surface area (Å²) in [5.41, 5.74) is -0.825. The Kier molecular flexibility index (Phi) is 2.15. The third-order valence-electron chi connectivity index (χ3n) is 1.73. The lowest BCUT2D eigenvalue weighted by molar-refractivity contribution is 0.0942. The van der Waals surface area contributed by atoms with Gasteiger partial charge >= 0.3 is 0 Å². The summed E-state index contributed by atoms with van der Waals surface area (Å²) in [5, 5.41) is 18.6. The summed E-state index contributed by atoms with van der Waals surface area (Å²) in [6.45, 7) is 3.54. The Bertz CT molecular complexity index is 216. The molecule has 60 valence electrons. The molecule has 0 spiro atoms. The molecule has 1 atom stereocenters. The van der Waals surface area contributed by atoms with Gasteiger partial charge in [0.1, 0.15) is 5.76 Å². The van der Waals surface area contributed by atoms with Gasteiger partial charge in [0.15, 0.2) is 0 Å². The number of hydrogen-bond donors (Lipinski definition) is 2. The van der Waals surface area contributed by atoms with Crippen LogP contribution in [0.25, 0.3) is 0 Å². The van der Waals surface area contributed by atoms with Crippen molar-refractivity contribution in [1.82, 2.24) is 0 Å². The standard InChI is InChI=1S/C9H12O2/c1-2-5-9(11)6-3-8(10)4-7-9/h2-4,6,10-11H,1,5,7H2. The molecule has 0 amide bonds. The summed E-state index contributed by atoms with van der Waals surface area (Å²) in [6.07, 6.45) is 7.36. The summed E-state index contributed by atoms with van der Waals surface area (Å²) in [7, 11) is 0. The van der Waals surface area contributed by atoms with E-state index in [-0.39, 0.29) is 5.76 Å². The summed E-state index contributed by atoms with van der Waals surface area (Å²) < 4.78 is 0. The van der Waals surface area contributed by atoms with Crippen LogP contribution in [0.4, 0.5) is 0 Å². The van der Waals surface area contributed by atoms with E-state index in [0.29, 0.717) is 12.8 Å². The molecule has 0 aromatic carbocycles. The Morgan fingerprint density at radius 1 is 1.73 bits per heavy atom. The number of aliphatic hydroxyl groups excluding tert-OH is 1. The van der Waals surface area contributed by atoms with Crippen molar-refractivity contribution in [3.63, 3.8) is 0 Å². The van der Waals surface area contributed by atoms with Gasteiger partial charge in [-0.3, -0.25) is 0 Å². The first-order chi connectivity index (χ1) is 5.16. The molecule has 1 unspecified atom stereocenters. The third-order valence-corrected chi connectivity index (χ3v) is 1.73. The Morgan fingerprint density at radius 3 is 2.91 bits per heavy atom. The quantitative estimate of drug-likeness (QED) is 0.591. The minimum Gasteiger partial charge on any atom is -0.508 e. The highest BCUT2D eigenvalue weighted by molar-refractivity contribution is 5.23. The first-order valence-electron chi connectivity index (χ1n) is 3.58. The lowest BCUT2D eigenvalue weighted by Crippen LogP contribution is -2.25. The van der Waals surface area contributed by atoms with E-state index in [0.717, 1.165) is 0 Å². The maximum Gasteiger partial charge on any atom is 0.111 e. The molecule has 0 fully saturated rings. The van der Waals surface area contributed by atoms with Crippen molar-refractivity contribution in [2.24, 2.45) is 0 Å². The van der Waals surface area contributed by atoms with Gasteiger partial charge in [0.25, 0.3) is 0 Å². The van der Waals surface area contributed by atoms with Crippen LogP contribution in [0.2, 0.25) is 0 Å². The minimum absolute atomic E-state index is 0.221. The van der Waals surface area contributed by atoms with Crippen molar-refractivity contribution in [2.45, 2.75) is 18.4 Å². The highest BCUT2D eigenvalue weighted by Gasteiger charge is 2.22. The molecule has 1 rings (SSSR count). The summed E-state index contributed by atoms with van der Waals surface area (Å²) >= 11 is 0. The zero-order valence-electron chi connectivity index (χ0n) is 6.33. The average molecular weight is 152 g/mol. The molecule has 0 heterocycles. The molecule has 0 bridgehead atoms. The van der Waals surface area contributed by atoms with Crippen molar-refractivity contribution in [3.8, 4) is 0 Å². The second-order valence-corrected chi connectivity index (χ2v) is 2.76. The second kappa shape index (κ2) is 2.93. The maximum absolute atomic E-state index is 9.68. The zero-order chi connectivity index (χ0) is 8.32. The molecule has 0 radical (unpaired) electrons. The van der Waals surface area contributed by atoms with Gasteiger partial charge in [-0.1, -0.05) is 6.08 Å². The lowest BCUT2D eigenvalue weighted by Gasteiger charge is -2.23. The van der Waals surface area contributed by atoms with E-state index in [1.54, 1.807) is 18.2 Å². The molecule has 0 aliphatic heterocycles. The van der Waals surface area contributed by atoms with Crippen LogP contribution in [-0.2, 0) is 0 Å². The van der Waals surface area contributed by atoms with Gasteiger partial charge in [0.2, 0.25) is 0 Å². The smallest absolute Gasteiger partial charge is 0.111 e. The third kappa shape index (κ3) is 1.95. The van der Waals surface area contributed by atoms with Gasteiger partial charge in [-0.05, 0) is 24.6 Å². The van der Waals surface area contributed by atoms with E-state index in [2.05, 4.69) is 6.58 Å². The summed E-state index contributed by atoms with van der Waals surface area (Å²) in [6, 6.07) is 0. The molecular weight excluding hydrogens is 140 g/mol. The highest BCUT2D eigenvalue weighted by Crippen LogP contribution is 2.23. The Morgan fingerprint density at radius 2 is 2.45 bits per heavy atom. The van der Waals surface area contributed by atoms with Crippen LogP contribution in [-0.4, -0.2) is 15.8 Å². The van der Waals surface area contributed by atoms with Crippen LogP contribution in [0, 0.1) is 0 Å². The van der Waals surface area contributed by atoms with E-state index in [1.807, 2.05) is 0 Å². The molecule has 0 aromatic rings. The first kappa shape index (κ1) is 8.08. The van der Waals surface area contributed by atoms with Crippen LogP contribution < -0.4 is 0 Å². The van der Waals surface area contributed by atoms with Gasteiger partial charge in [-0.2, -0.15) is 0 Å². The van der Waals surface area contributed by atoms with E-state index >= 15 is 0 Å². The highest BCUT2D eigenvalue weighted by atomic mass is 16.3. The van der Waals surface area contributed by atoms with E-state index in [4.69, 9.17) is 5.11 Å². The fraction of sp³-hybridized carbons (Fsp3) is 0.333. The fourth-order valence-corrected chi connectivity index (χ4v) is 1.06. The monoisotopic (exact) mass is 152 g/mol. The molecule has 0 saturated carbocycles. The fourth-order valence-electron chi connectivity index (χ4n) is 1.06.